The van der Waals surface area contributed by atoms with Gasteiger partial charge in [0.2, 0.25) is 0 Å². The number of aliphatic imine (C=N–C) groups is 1. The van der Waals surface area contributed by atoms with Gasteiger partial charge in [0.1, 0.15) is 5.75 Å². The number of guanidine groups is 1. The molecule has 0 spiro atoms. The number of nitro benzene ring substituents is 1. The maximum absolute atomic E-state index is 12.0. The number of hydrogen-bond acceptors (Lipinski definition) is 7. The molecule has 0 aliphatic carbocycles. The largest absolute Gasteiger partial charge is 0.425 e. The van der Waals surface area contributed by atoms with Gasteiger partial charge in [0.05, 0.1) is 4.92 Å². The van der Waals surface area contributed by atoms with Crippen LogP contribution in [0.4, 0.5) is 5.69 Å². The molecule has 0 aliphatic heterocycles. The van der Waals surface area contributed by atoms with Crippen molar-refractivity contribution < 1.29 is 19.5 Å². The van der Waals surface area contributed by atoms with Crippen LogP contribution in [0, 0.1) is 20.2 Å². The number of esters is 1. The molecule has 0 fully saturated rings. The van der Waals surface area contributed by atoms with Gasteiger partial charge in [0.15, 0.2) is 17.0 Å². The Morgan fingerprint density at radius 1 is 1.25 bits per heavy atom. The second kappa shape index (κ2) is 8.87. The first-order chi connectivity index (χ1) is 11.3. The summed E-state index contributed by atoms with van der Waals surface area (Å²) in [5.74, 6) is -0.988. The summed E-state index contributed by atoms with van der Waals surface area (Å²) < 4.78 is 4.98. The van der Waals surface area contributed by atoms with E-state index in [2.05, 4.69) is 4.99 Å². The van der Waals surface area contributed by atoms with E-state index < -0.39 is 22.0 Å². The van der Waals surface area contributed by atoms with Crippen molar-refractivity contribution in [2.24, 2.45) is 16.5 Å². The Labute approximate surface area is 135 Å². The molecule has 0 aliphatic rings. The topological polar surface area (TPSA) is 189 Å². The van der Waals surface area contributed by atoms with Gasteiger partial charge in [-0.2, -0.15) is 0 Å². The van der Waals surface area contributed by atoms with Crippen LogP contribution in [0.15, 0.2) is 29.3 Å². The van der Waals surface area contributed by atoms with Crippen LogP contribution in [-0.2, 0) is 4.79 Å². The summed E-state index contributed by atoms with van der Waals surface area (Å²) in [6.07, 6.45) is 0.363. The number of carbonyl (C=O) groups excluding carboxylic acids is 1. The van der Waals surface area contributed by atoms with E-state index in [0.717, 1.165) is 12.1 Å². The lowest BCUT2D eigenvalue weighted by Crippen LogP contribution is -2.42. The van der Waals surface area contributed by atoms with Gasteiger partial charge < -0.3 is 16.2 Å². The minimum Gasteiger partial charge on any atom is -0.425 e. The summed E-state index contributed by atoms with van der Waals surface area (Å²) in [6.45, 7) is 0.197. The van der Waals surface area contributed by atoms with Crippen molar-refractivity contribution in [1.82, 2.24) is 5.43 Å². The van der Waals surface area contributed by atoms with Gasteiger partial charge in [-0.25, -0.2) is 14.9 Å². The van der Waals surface area contributed by atoms with Gasteiger partial charge >= 0.3 is 5.97 Å². The van der Waals surface area contributed by atoms with Crippen molar-refractivity contribution in [2.45, 2.75) is 18.9 Å². The zero-order valence-corrected chi connectivity index (χ0v) is 12.5. The van der Waals surface area contributed by atoms with E-state index in [1.807, 2.05) is 5.43 Å². The van der Waals surface area contributed by atoms with Crippen molar-refractivity contribution in [3.63, 3.8) is 0 Å². The number of nitro groups is 2. The number of benzene rings is 1. The van der Waals surface area contributed by atoms with Crippen molar-refractivity contribution >= 4 is 17.6 Å². The van der Waals surface area contributed by atoms with E-state index in [9.17, 15) is 25.0 Å². The standard InChI is InChI=1S/C12H16N6O6/c13-12(14)15-7-1-2-10(16-18(22)23)11(19)24-9-5-3-8(4-6-9)17(20)21/h3-6,10,16H,1-2,7H2,(H4,13,14,15). The van der Waals surface area contributed by atoms with Crippen LogP contribution in [0.2, 0.25) is 0 Å². The van der Waals surface area contributed by atoms with Crippen LogP contribution in [-0.4, -0.2) is 34.5 Å². The third-order valence-corrected chi connectivity index (χ3v) is 2.76. The Balaban J connectivity index is 2.67. The van der Waals surface area contributed by atoms with Gasteiger partial charge in [0.25, 0.3) is 5.69 Å². The van der Waals surface area contributed by atoms with E-state index in [1.165, 1.54) is 12.1 Å². The Kier molecular flexibility index (Phi) is 6.88. The molecule has 12 nitrogen and oxygen atoms in total. The maximum atomic E-state index is 12.0. The first-order valence-electron chi connectivity index (χ1n) is 6.71. The molecule has 0 aromatic heterocycles. The van der Waals surface area contributed by atoms with Crippen LogP contribution in [0.1, 0.15) is 12.8 Å². The van der Waals surface area contributed by atoms with Crippen LogP contribution in [0.5, 0.6) is 5.75 Å². The number of nitrogens with zero attached hydrogens (tertiary/aromatic N) is 3. The van der Waals surface area contributed by atoms with Gasteiger partial charge in [-0.15, -0.1) is 5.43 Å². The van der Waals surface area contributed by atoms with Crippen molar-refractivity contribution in [3.8, 4) is 5.75 Å². The fourth-order valence-electron chi connectivity index (χ4n) is 1.69. The summed E-state index contributed by atoms with van der Waals surface area (Å²) >= 11 is 0. The predicted molar refractivity (Wildman–Crippen MR) is 82.6 cm³/mol. The first-order valence-corrected chi connectivity index (χ1v) is 6.71. The van der Waals surface area contributed by atoms with Crippen molar-refractivity contribution in [2.75, 3.05) is 6.54 Å². The lowest BCUT2D eigenvalue weighted by Gasteiger charge is -2.12. The Hall–Kier alpha value is -3.44. The zero-order chi connectivity index (χ0) is 18.1. The quantitative estimate of drug-likeness (QED) is 0.103. The van der Waals surface area contributed by atoms with Crippen LogP contribution in [0.25, 0.3) is 0 Å². The molecule has 0 saturated carbocycles. The fourth-order valence-corrected chi connectivity index (χ4v) is 1.69. The van der Waals surface area contributed by atoms with Crippen LogP contribution in [0.3, 0.4) is 0 Å². The molecular weight excluding hydrogens is 324 g/mol. The van der Waals surface area contributed by atoms with E-state index >= 15 is 0 Å². The molecule has 130 valence electrons. The molecule has 1 rings (SSSR count). The molecule has 1 aromatic carbocycles. The monoisotopic (exact) mass is 340 g/mol. The number of hydrazine groups is 1. The highest BCUT2D eigenvalue weighted by molar-refractivity contribution is 5.78. The second-order valence-electron chi connectivity index (χ2n) is 4.56. The average Bonchev–Trinajstić information content (AvgIpc) is 2.50. The van der Waals surface area contributed by atoms with Gasteiger partial charge in [-0.3, -0.25) is 15.1 Å². The summed E-state index contributed by atoms with van der Waals surface area (Å²) in [7, 11) is 0. The number of non-ortho nitro benzene ring substituents is 1. The van der Waals surface area contributed by atoms with Gasteiger partial charge in [-0.1, -0.05) is 0 Å². The predicted octanol–water partition coefficient (Wildman–Crippen LogP) is -0.296. The lowest BCUT2D eigenvalue weighted by atomic mass is 10.1. The third kappa shape index (κ3) is 6.55. The molecule has 0 heterocycles. The van der Waals surface area contributed by atoms with Crippen molar-refractivity contribution in [1.29, 1.82) is 0 Å². The molecule has 0 amide bonds. The minimum absolute atomic E-state index is 0.0324. The minimum atomic E-state index is -1.22. The highest BCUT2D eigenvalue weighted by Crippen LogP contribution is 2.18. The Bertz CT molecular complexity index is 627. The van der Waals surface area contributed by atoms with Crippen LogP contribution >= 0.6 is 0 Å². The molecule has 0 saturated heterocycles. The summed E-state index contributed by atoms with van der Waals surface area (Å²) in [4.78, 5) is 36.2. The Morgan fingerprint density at radius 2 is 1.88 bits per heavy atom. The van der Waals surface area contributed by atoms with Crippen molar-refractivity contribution in [3.05, 3.63) is 44.5 Å². The first kappa shape index (κ1) is 18.6. The molecule has 1 unspecified atom stereocenters. The Morgan fingerprint density at radius 3 is 2.38 bits per heavy atom. The number of ether oxygens (including phenoxy) is 1. The average molecular weight is 340 g/mol. The summed E-state index contributed by atoms with van der Waals surface area (Å²) in [5.41, 5.74) is 12.0. The molecule has 5 N–H and O–H groups in total. The number of rotatable bonds is 9. The summed E-state index contributed by atoms with van der Waals surface area (Å²) in [5, 5.41) is 20.3. The molecule has 0 bridgehead atoms. The normalized spacial score (nSPS) is 11.2. The number of nitrogens with one attached hydrogen (secondary N) is 1. The second-order valence-corrected chi connectivity index (χ2v) is 4.56. The number of hydrogen-bond donors (Lipinski definition) is 3. The number of carbonyl (C=O) groups is 1. The molecule has 0 radical (unpaired) electrons. The van der Waals surface area contributed by atoms with Crippen LogP contribution < -0.4 is 21.6 Å². The lowest BCUT2D eigenvalue weighted by molar-refractivity contribution is -0.548. The number of nitrogens with two attached hydrogens (primary N) is 2. The zero-order valence-electron chi connectivity index (χ0n) is 12.5. The third-order valence-electron chi connectivity index (χ3n) is 2.76. The molecular formula is C12H16N6O6. The molecule has 12 heteroatoms. The van der Waals surface area contributed by atoms with E-state index in [0.29, 0.717) is 6.42 Å². The van der Waals surface area contributed by atoms with E-state index in [4.69, 9.17) is 16.2 Å². The van der Waals surface area contributed by atoms with E-state index in [1.54, 1.807) is 0 Å². The molecule has 1 atom stereocenters. The fraction of sp³-hybridized carbons (Fsp3) is 0.333. The SMILES string of the molecule is NC(N)=NCCCC(N[N+](=O)[O-])C(=O)Oc1ccc([N+](=O)[O-])cc1. The maximum Gasteiger partial charge on any atom is 0.339 e. The summed E-state index contributed by atoms with van der Waals surface area (Å²) in [6, 6.07) is 3.52. The molecule has 1 aromatic rings. The molecule has 24 heavy (non-hydrogen) atoms. The van der Waals surface area contributed by atoms with E-state index in [-0.39, 0.29) is 30.4 Å². The smallest absolute Gasteiger partial charge is 0.339 e. The van der Waals surface area contributed by atoms with Gasteiger partial charge in [-0.05, 0) is 25.0 Å². The highest BCUT2D eigenvalue weighted by Gasteiger charge is 2.25. The van der Waals surface area contributed by atoms with Gasteiger partial charge in [0, 0.05) is 18.7 Å². The highest BCUT2D eigenvalue weighted by atomic mass is 16.7.